The molecule has 1 aliphatic rings. The maximum absolute atomic E-state index is 13.1. The van der Waals surface area contributed by atoms with E-state index in [1.54, 1.807) is 30.3 Å². The first-order chi connectivity index (χ1) is 10.5. The zero-order valence-electron chi connectivity index (χ0n) is 11.6. The van der Waals surface area contributed by atoms with Gasteiger partial charge in [0.2, 0.25) is 9.84 Å². The second-order valence-electron chi connectivity index (χ2n) is 4.90. The molecule has 114 valence electrons. The molecule has 0 saturated carbocycles. The van der Waals surface area contributed by atoms with Gasteiger partial charge >= 0.3 is 0 Å². The Labute approximate surface area is 127 Å². The lowest BCUT2D eigenvalue weighted by Gasteiger charge is -2.09. The van der Waals surface area contributed by atoms with Crippen LogP contribution in [0.1, 0.15) is 11.1 Å². The zero-order valence-corrected chi connectivity index (χ0v) is 12.4. The molecule has 0 amide bonds. The first-order valence-corrected chi connectivity index (χ1v) is 8.16. The average Bonchev–Trinajstić information content (AvgIpc) is 2.76. The molecule has 3 rings (SSSR count). The fourth-order valence-electron chi connectivity index (χ4n) is 2.42. The van der Waals surface area contributed by atoms with Crippen LogP contribution in [0.4, 0.5) is 4.39 Å². The van der Waals surface area contributed by atoms with Crippen LogP contribution in [0, 0.1) is 5.82 Å². The van der Waals surface area contributed by atoms with E-state index < -0.39 is 15.7 Å². The first-order valence-electron chi connectivity index (χ1n) is 6.68. The van der Waals surface area contributed by atoms with Crippen LogP contribution in [0.25, 0.3) is 6.08 Å². The predicted molar refractivity (Wildman–Crippen MR) is 81.4 cm³/mol. The molecule has 0 bridgehead atoms. The van der Waals surface area contributed by atoms with E-state index in [1.165, 1.54) is 18.2 Å². The third-order valence-electron chi connectivity index (χ3n) is 3.45. The molecule has 1 heterocycles. The molecular formula is C16H14FNO3S. The van der Waals surface area contributed by atoms with Gasteiger partial charge in [-0.25, -0.2) is 12.8 Å². The van der Waals surface area contributed by atoms with Crippen LogP contribution < -0.4 is 10.5 Å². The minimum atomic E-state index is -3.61. The maximum atomic E-state index is 13.1. The van der Waals surface area contributed by atoms with Crippen LogP contribution in [-0.2, 0) is 16.4 Å². The Balaban J connectivity index is 1.88. The van der Waals surface area contributed by atoms with Crippen molar-refractivity contribution < 1.29 is 17.5 Å². The Hall–Kier alpha value is -2.18. The van der Waals surface area contributed by atoms with E-state index in [9.17, 15) is 12.8 Å². The summed E-state index contributed by atoms with van der Waals surface area (Å²) in [5, 5.41) is 0. The number of fused-ring (bicyclic) bond motifs is 1. The lowest BCUT2D eigenvalue weighted by Crippen LogP contribution is -2.12. The summed E-state index contributed by atoms with van der Waals surface area (Å²) in [5.74, 6) is -0.152. The Kier molecular flexibility index (Phi) is 3.72. The number of hydrogen-bond donors (Lipinski definition) is 1. The minimum Gasteiger partial charge on any atom is -0.488 e. The summed E-state index contributed by atoms with van der Waals surface area (Å²) in [5.41, 5.74) is 6.80. The van der Waals surface area contributed by atoms with Gasteiger partial charge in [0, 0.05) is 12.6 Å². The molecule has 0 aromatic heterocycles. The minimum absolute atomic E-state index is 0.146. The molecular weight excluding hydrogens is 305 g/mol. The summed E-state index contributed by atoms with van der Waals surface area (Å²) >= 11 is 0. The first kappa shape index (κ1) is 14.7. The Morgan fingerprint density at radius 3 is 2.64 bits per heavy atom. The summed E-state index contributed by atoms with van der Waals surface area (Å²) in [4.78, 5) is 0.392. The van der Waals surface area contributed by atoms with Crippen LogP contribution in [0.3, 0.4) is 0 Å². The Morgan fingerprint density at radius 1 is 1.14 bits per heavy atom. The van der Waals surface area contributed by atoms with Crippen molar-refractivity contribution in [2.24, 2.45) is 5.73 Å². The van der Waals surface area contributed by atoms with Gasteiger partial charge < -0.3 is 10.5 Å². The van der Waals surface area contributed by atoms with Gasteiger partial charge in [0.25, 0.3) is 0 Å². The standard InChI is InChI=1S/C16H14FNO3S/c17-13-5-2-6-14(8-13)21-10-15-7-11-3-1-4-12(9-18)16(11)22(15,19)20/h1-8H,9-10,18H2. The number of benzene rings is 2. The van der Waals surface area contributed by atoms with Crippen molar-refractivity contribution in [1.82, 2.24) is 0 Å². The lowest BCUT2D eigenvalue weighted by molar-refractivity contribution is 0.357. The van der Waals surface area contributed by atoms with Crippen molar-refractivity contribution in [3.63, 3.8) is 0 Å². The van der Waals surface area contributed by atoms with Crippen molar-refractivity contribution in [2.45, 2.75) is 11.4 Å². The summed E-state index contributed by atoms with van der Waals surface area (Å²) < 4.78 is 43.6. The van der Waals surface area contributed by atoms with Gasteiger partial charge in [0.05, 0.1) is 9.80 Å². The van der Waals surface area contributed by atoms with E-state index in [0.29, 0.717) is 11.1 Å². The van der Waals surface area contributed by atoms with Gasteiger partial charge in [-0.05, 0) is 29.3 Å². The highest BCUT2D eigenvalue weighted by Gasteiger charge is 2.32. The van der Waals surface area contributed by atoms with Gasteiger partial charge in [-0.3, -0.25) is 0 Å². The van der Waals surface area contributed by atoms with Crippen LogP contribution in [-0.4, -0.2) is 15.0 Å². The molecule has 22 heavy (non-hydrogen) atoms. The summed E-state index contributed by atoms with van der Waals surface area (Å²) in [7, 11) is -3.61. The van der Waals surface area contributed by atoms with Gasteiger partial charge in [0.1, 0.15) is 18.2 Å². The molecule has 1 aliphatic heterocycles. The number of nitrogens with two attached hydrogens (primary N) is 1. The molecule has 0 atom stereocenters. The highest BCUT2D eigenvalue weighted by atomic mass is 32.2. The monoisotopic (exact) mass is 319 g/mol. The largest absolute Gasteiger partial charge is 0.488 e. The molecule has 6 heteroatoms. The van der Waals surface area contributed by atoms with Crippen molar-refractivity contribution in [2.75, 3.05) is 6.61 Å². The molecule has 0 unspecified atom stereocenters. The molecule has 0 radical (unpaired) electrons. The third-order valence-corrected chi connectivity index (χ3v) is 5.42. The fraction of sp³-hybridized carbons (Fsp3) is 0.125. The van der Waals surface area contributed by atoms with Gasteiger partial charge in [0.15, 0.2) is 0 Å². The molecule has 0 spiro atoms. The van der Waals surface area contributed by atoms with Crippen molar-refractivity contribution >= 4 is 15.9 Å². The zero-order chi connectivity index (χ0) is 15.7. The second kappa shape index (κ2) is 5.55. The molecule has 0 saturated heterocycles. The molecule has 0 fully saturated rings. The van der Waals surface area contributed by atoms with Gasteiger partial charge in [-0.1, -0.05) is 24.3 Å². The van der Waals surface area contributed by atoms with Crippen LogP contribution in [0.15, 0.2) is 52.3 Å². The van der Waals surface area contributed by atoms with Crippen LogP contribution >= 0.6 is 0 Å². The second-order valence-corrected chi connectivity index (χ2v) is 6.84. The van der Waals surface area contributed by atoms with E-state index in [4.69, 9.17) is 10.5 Å². The van der Waals surface area contributed by atoms with E-state index in [1.807, 2.05) is 0 Å². The normalized spacial score (nSPS) is 15.3. The van der Waals surface area contributed by atoms with E-state index >= 15 is 0 Å². The predicted octanol–water partition coefficient (Wildman–Crippen LogP) is 2.49. The topological polar surface area (TPSA) is 69.4 Å². The molecule has 4 nitrogen and oxygen atoms in total. The lowest BCUT2D eigenvalue weighted by atomic mass is 10.1. The van der Waals surface area contributed by atoms with Crippen molar-refractivity contribution in [3.05, 3.63) is 64.3 Å². The highest BCUT2D eigenvalue weighted by molar-refractivity contribution is 7.96. The smallest absolute Gasteiger partial charge is 0.207 e. The van der Waals surface area contributed by atoms with E-state index in [2.05, 4.69) is 0 Å². The van der Waals surface area contributed by atoms with Gasteiger partial charge in [-0.2, -0.15) is 0 Å². The molecule has 0 aliphatic carbocycles. The van der Waals surface area contributed by atoms with Crippen molar-refractivity contribution in [1.29, 1.82) is 0 Å². The van der Waals surface area contributed by atoms with Crippen LogP contribution in [0.5, 0.6) is 5.75 Å². The molecule has 2 aromatic rings. The number of ether oxygens (including phenoxy) is 1. The summed E-state index contributed by atoms with van der Waals surface area (Å²) in [6.07, 6.45) is 1.57. The number of sulfone groups is 1. The van der Waals surface area contributed by atoms with Gasteiger partial charge in [-0.15, -0.1) is 0 Å². The van der Waals surface area contributed by atoms with E-state index in [0.717, 1.165) is 0 Å². The highest BCUT2D eigenvalue weighted by Crippen LogP contribution is 2.35. The van der Waals surface area contributed by atoms with Crippen molar-refractivity contribution in [3.8, 4) is 5.75 Å². The fourth-order valence-corrected chi connectivity index (χ4v) is 4.11. The third kappa shape index (κ3) is 2.51. The average molecular weight is 319 g/mol. The summed E-state index contributed by atoms with van der Waals surface area (Å²) in [6.45, 7) is -0.00124. The molecule has 2 N–H and O–H groups in total. The number of hydrogen-bond acceptors (Lipinski definition) is 4. The SMILES string of the molecule is NCc1cccc2c1S(=O)(=O)C(COc1cccc(F)c1)=C2. The summed E-state index contributed by atoms with van der Waals surface area (Å²) in [6, 6.07) is 10.8. The Morgan fingerprint density at radius 2 is 1.91 bits per heavy atom. The quantitative estimate of drug-likeness (QED) is 0.940. The number of halogens is 1. The number of rotatable bonds is 4. The maximum Gasteiger partial charge on any atom is 0.207 e. The van der Waals surface area contributed by atoms with E-state index in [-0.39, 0.29) is 28.7 Å². The molecule has 2 aromatic carbocycles. The Bertz CT molecular complexity index is 859. The van der Waals surface area contributed by atoms with Crippen LogP contribution in [0.2, 0.25) is 0 Å².